The monoisotopic (exact) mass is 290 g/mol. The molecule has 0 fully saturated rings. The second kappa shape index (κ2) is 6.95. The summed E-state index contributed by atoms with van der Waals surface area (Å²) in [5.41, 5.74) is 0.693. The van der Waals surface area contributed by atoms with Crippen LogP contribution in [0.25, 0.3) is 0 Å². The van der Waals surface area contributed by atoms with Crippen molar-refractivity contribution in [2.75, 3.05) is 34.4 Å². The van der Waals surface area contributed by atoms with E-state index in [1.165, 1.54) is 26.3 Å². The summed E-state index contributed by atoms with van der Waals surface area (Å²) in [6.45, 7) is 0.919. The first-order valence-corrected chi connectivity index (χ1v) is 7.25. The van der Waals surface area contributed by atoms with Crippen molar-refractivity contribution in [3.8, 4) is 0 Å². The van der Waals surface area contributed by atoms with Crippen LogP contribution in [-0.2, 0) is 21.3 Å². The highest BCUT2D eigenvalue weighted by atomic mass is 32.2. The van der Waals surface area contributed by atoms with Gasteiger partial charge in [-0.25, -0.2) is 12.8 Å². The topological polar surface area (TPSA) is 58.6 Å². The zero-order valence-corrected chi connectivity index (χ0v) is 12.1. The molecule has 1 aromatic rings. The Morgan fingerprint density at radius 2 is 2.11 bits per heavy atom. The fourth-order valence-corrected chi connectivity index (χ4v) is 2.77. The van der Waals surface area contributed by atoms with E-state index in [0.29, 0.717) is 12.1 Å². The fraction of sp³-hybridized carbons (Fsp3) is 0.500. The molecular formula is C12H19FN2O3S. The van der Waals surface area contributed by atoms with Crippen LogP contribution >= 0.6 is 0 Å². The standard InChI is InChI=1S/C12H19FN2O3S/c1-14-9-10-4-5-12(11(13)8-10)19(16,17)15(2)6-7-18-3/h4-5,8,14H,6-7,9H2,1-3H3. The molecule has 0 spiro atoms. The number of sulfonamides is 1. The van der Waals surface area contributed by atoms with Crippen molar-refractivity contribution in [3.63, 3.8) is 0 Å². The van der Waals surface area contributed by atoms with Gasteiger partial charge in [0.15, 0.2) is 0 Å². The minimum absolute atomic E-state index is 0.177. The number of rotatable bonds is 7. The molecule has 0 saturated carbocycles. The van der Waals surface area contributed by atoms with Gasteiger partial charge >= 0.3 is 0 Å². The van der Waals surface area contributed by atoms with Gasteiger partial charge in [0.05, 0.1) is 6.61 Å². The summed E-state index contributed by atoms with van der Waals surface area (Å²) in [6.07, 6.45) is 0. The molecule has 19 heavy (non-hydrogen) atoms. The molecule has 0 aliphatic carbocycles. The SMILES string of the molecule is CNCc1ccc(S(=O)(=O)N(C)CCOC)c(F)c1. The maximum atomic E-state index is 13.9. The van der Waals surface area contributed by atoms with Gasteiger partial charge in [0.2, 0.25) is 10.0 Å². The Balaban J connectivity index is 3.01. The predicted molar refractivity (Wildman–Crippen MR) is 70.9 cm³/mol. The minimum atomic E-state index is -3.82. The van der Waals surface area contributed by atoms with Crippen molar-refractivity contribution in [2.24, 2.45) is 0 Å². The second-order valence-corrected chi connectivity index (χ2v) is 6.13. The van der Waals surface area contributed by atoms with Gasteiger partial charge in [-0.3, -0.25) is 0 Å². The molecule has 0 unspecified atom stereocenters. The second-order valence-electron chi connectivity index (χ2n) is 4.11. The molecule has 0 aliphatic rings. The molecule has 1 aromatic carbocycles. The number of benzene rings is 1. The molecule has 0 bridgehead atoms. The molecule has 5 nitrogen and oxygen atoms in total. The lowest BCUT2D eigenvalue weighted by molar-refractivity contribution is 0.185. The smallest absolute Gasteiger partial charge is 0.245 e. The number of hydrogen-bond acceptors (Lipinski definition) is 4. The third kappa shape index (κ3) is 3.97. The van der Waals surface area contributed by atoms with Crippen LogP contribution in [0.4, 0.5) is 4.39 Å². The normalized spacial score (nSPS) is 12.1. The highest BCUT2D eigenvalue weighted by molar-refractivity contribution is 7.89. The number of methoxy groups -OCH3 is 1. The first-order valence-electron chi connectivity index (χ1n) is 5.81. The largest absolute Gasteiger partial charge is 0.383 e. The third-order valence-electron chi connectivity index (χ3n) is 2.68. The van der Waals surface area contributed by atoms with E-state index in [9.17, 15) is 12.8 Å². The summed E-state index contributed by atoms with van der Waals surface area (Å²) in [5, 5.41) is 2.88. The van der Waals surface area contributed by atoms with Gasteiger partial charge in [-0.15, -0.1) is 0 Å². The Morgan fingerprint density at radius 3 is 2.63 bits per heavy atom. The number of nitrogens with one attached hydrogen (secondary N) is 1. The quantitative estimate of drug-likeness (QED) is 0.807. The summed E-state index contributed by atoms with van der Waals surface area (Å²) in [7, 11) is 0.799. The summed E-state index contributed by atoms with van der Waals surface area (Å²) in [4.78, 5) is -0.314. The van der Waals surface area contributed by atoms with Crippen LogP contribution in [0.2, 0.25) is 0 Å². The van der Waals surface area contributed by atoms with E-state index in [-0.39, 0.29) is 18.0 Å². The molecule has 108 valence electrons. The molecule has 0 atom stereocenters. The summed E-state index contributed by atoms with van der Waals surface area (Å²) in [5.74, 6) is -0.739. The van der Waals surface area contributed by atoms with E-state index < -0.39 is 15.8 Å². The fourth-order valence-electron chi connectivity index (χ4n) is 1.58. The molecular weight excluding hydrogens is 271 g/mol. The van der Waals surface area contributed by atoms with Gasteiger partial charge in [-0.1, -0.05) is 6.07 Å². The average Bonchev–Trinajstić information content (AvgIpc) is 2.36. The van der Waals surface area contributed by atoms with Crippen LogP contribution in [-0.4, -0.2) is 47.1 Å². The average molecular weight is 290 g/mol. The third-order valence-corrected chi connectivity index (χ3v) is 4.57. The Bertz CT molecular complexity index is 520. The molecule has 7 heteroatoms. The van der Waals surface area contributed by atoms with Crippen LogP contribution in [0.1, 0.15) is 5.56 Å². The van der Waals surface area contributed by atoms with E-state index in [2.05, 4.69) is 5.32 Å². The van der Waals surface area contributed by atoms with Crippen molar-refractivity contribution in [2.45, 2.75) is 11.4 Å². The van der Waals surface area contributed by atoms with Gasteiger partial charge < -0.3 is 10.1 Å². The Labute approximate surface area is 113 Å². The molecule has 1 N–H and O–H groups in total. The molecule has 0 aromatic heterocycles. The minimum Gasteiger partial charge on any atom is -0.383 e. The van der Waals surface area contributed by atoms with Gasteiger partial charge in [-0.2, -0.15) is 4.31 Å². The van der Waals surface area contributed by atoms with Gasteiger partial charge in [-0.05, 0) is 24.7 Å². The van der Waals surface area contributed by atoms with Crippen LogP contribution in [0.5, 0.6) is 0 Å². The number of halogens is 1. The number of nitrogens with zero attached hydrogens (tertiary/aromatic N) is 1. The molecule has 0 aliphatic heterocycles. The highest BCUT2D eigenvalue weighted by Crippen LogP contribution is 2.19. The summed E-state index contributed by atoms with van der Waals surface area (Å²) >= 11 is 0. The zero-order chi connectivity index (χ0) is 14.5. The molecule has 0 radical (unpaired) electrons. The van der Waals surface area contributed by atoms with Crippen LogP contribution in [0.15, 0.2) is 23.1 Å². The Morgan fingerprint density at radius 1 is 1.42 bits per heavy atom. The summed E-state index contributed by atoms with van der Waals surface area (Å²) < 4.78 is 44.1. The first kappa shape index (κ1) is 16.0. The van der Waals surface area contributed by atoms with Gasteiger partial charge in [0, 0.05) is 27.2 Å². The molecule has 0 amide bonds. The Hall–Kier alpha value is -1.02. The lowest BCUT2D eigenvalue weighted by Gasteiger charge is -2.17. The van der Waals surface area contributed by atoms with E-state index in [4.69, 9.17) is 4.74 Å². The number of ether oxygens (including phenoxy) is 1. The Kier molecular flexibility index (Phi) is 5.86. The lowest BCUT2D eigenvalue weighted by atomic mass is 10.2. The maximum absolute atomic E-state index is 13.9. The number of likely N-dealkylation sites (N-methyl/N-ethyl adjacent to an activating group) is 1. The van der Waals surface area contributed by atoms with Crippen molar-refractivity contribution < 1.29 is 17.5 Å². The lowest BCUT2D eigenvalue weighted by Crippen LogP contribution is -2.30. The van der Waals surface area contributed by atoms with Crippen molar-refractivity contribution in [1.82, 2.24) is 9.62 Å². The zero-order valence-electron chi connectivity index (χ0n) is 11.3. The maximum Gasteiger partial charge on any atom is 0.245 e. The molecule has 0 heterocycles. The summed E-state index contributed by atoms with van der Waals surface area (Å²) in [6, 6.07) is 4.12. The number of hydrogen-bond donors (Lipinski definition) is 1. The van der Waals surface area contributed by atoms with Crippen LogP contribution in [0, 0.1) is 5.82 Å². The van der Waals surface area contributed by atoms with Gasteiger partial charge in [0.1, 0.15) is 10.7 Å². The van der Waals surface area contributed by atoms with E-state index >= 15 is 0 Å². The van der Waals surface area contributed by atoms with Crippen molar-refractivity contribution >= 4 is 10.0 Å². The van der Waals surface area contributed by atoms with Crippen molar-refractivity contribution in [3.05, 3.63) is 29.6 Å². The molecule has 1 rings (SSSR count). The van der Waals surface area contributed by atoms with Gasteiger partial charge in [0.25, 0.3) is 0 Å². The highest BCUT2D eigenvalue weighted by Gasteiger charge is 2.24. The predicted octanol–water partition coefficient (Wildman–Crippen LogP) is 0.812. The molecule has 0 saturated heterocycles. The van der Waals surface area contributed by atoms with Crippen LogP contribution in [0.3, 0.4) is 0 Å². The van der Waals surface area contributed by atoms with E-state index in [0.717, 1.165) is 4.31 Å². The van der Waals surface area contributed by atoms with Crippen LogP contribution < -0.4 is 5.32 Å². The first-order chi connectivity index (χ1) is 8.93. The van der Waals surface area contributed by atoms with E-state index in [1.54, 1.807) is 13.1 Å². The van der Waals surface area contributed by atoms with E-state index in [1.807, 2.05) is 0 Å². The van der Waals surface area contributed by atoms with Crippen molar-refractivity contribution in [1.29, 1.82) is 0 Å².